The highest BCUT2D eigenvalue weighted by Gasteiger charge is 2.39. The summed E-state index contributed by atoms with van der Waals surface area (Å²) < 4.78 is 60.9. The Morgan fingerprint density at radius 2 is 1.77 bits per heavy atom. The van der Waals surface area contributed by atoms with Gasteiger partial charge < -0.3 is 20.9 Å². The first kappa shape index (κ1) is 32.8. The van der Waals surface area contributed by atoms with Crippen LogP contribution in [-0.2, 0) is 26.0 Å². The van der Waals surface area contributed by atoms with E-state index in [2.05, 4.69) is 5.32 Å². The molecule has 1 saturated heterocycles. The first-order valence-corrected chi connectivity index (χ1v) is 15.6. The van der Waals surface area contributed by atoms with E-state index in [1.807, 2.05) is 19.9 Å². The molecule has 0 aromatic heterocycles. The average Bonchev–Trinajstić information content (AvgIpc) is 3.40. The average molecular weight is 631 g/mol. The van der Waals surface area contributed by atoms with E-state index >= 15 is 0 Å². The molecule has 1 heterocycles. The number of sulfonamides is 1. The van der Waals surface area contributed by atoms with Crippen molar-refractivity contribution in [3.05, 3.63) is 90.0 Å². The number of benzene rings is 3. The molecule has 0 saturated carbocycles. The second-order valence-electron chi connectivity index (χ2n) is 10.9. The Hall–Kier alpha value is -4.07. The van der Waals surface area contributed by atoms with Crippen LogP contribution in [0, 0.1) is 17.6 Å². The van der Waals surface area contributed by atoms with Gasteiger partial charge in [-0.3, -0.25) is 9.69 Å². The third-order valence-corrected chi connectivity index (χ3v) is 9.38. The lowest BCUT2D eigenvalue weighted by atomic mass is 10.0. The van der Waals surface area contributed by atoms with Crippen molar-refractivity contribution < 1.29 is 36.6 Å². The van der Waals surface area contributed by atoms with Crippen molar-refractivity contribution in [2.24, 2.45) is 5.92 Å². The van der Waals surface area contributed by atoms with Crippen LogP contribution >= 0.6 is 0 Å². The van der Waals surface area contributed by atoms with Gasteiger partial charge in [-0.2, -0.15) is 4.31 Å². The van der Waals surface area contributed by atoms with Crippen molar-refractivity contribution >= 4 is 33.4 Å². The highest BCUT2D eigenvalue weighted by atomic mass is 32.2. The number of anilines is 2. The topological polar surface area (TPSA) is 142 Å². The highest BCUT2D eigenvalue weighted by Crippen LogP contribution is 2.25. The Morgan fingerprint density at radius 3 is 2.41 bits per heavy atom. The van der Waals surface area contributed by atoms with Crippen LogP contribution in [0.1, 0.15) is 25.8 Å². The van der Waals surface area contributed by atoms with E-state index in [4.69, 9.17) is 10.5 Å². The molecule has 4 N–H and O–H groups in total. The Balaban J connectivity index is 1.56. The molecule has 1 aliphatic heterocycles. The molecule has 0 unspecified atom stereocenters. The van der Waals surface area contributed by atoms with E-state index in [9.17, 15) is 31.9 Å². The van der Waals surface area contributed by atoms with Gasteiger partial charge >= 0.3 is 6.09 Å². The number of halogens is 2. The maximum Gasteiger partial charge on any atom is 0.415 e. The van der Waals surface area contributed by atoms with Gasteiger partial charge in [0.15, 0.2) is 17.7 Å². The highest BCUT2D eigenvalue weighted by molar-refractivity contribution is 7.89. The number of rotatable bonds is 13. The number of cyclic esters (lactones) is 1. The summed E-state index contributed by atoms with van der Waals surface area (Å²) in [4.78, 5) is 26.9. The van der Waals surface area contributed by atoms with Crippen LogP contribution in [0.3, 0.4) is 0 Å². The second-order valence-corrected chi connectivity index (χ2v) is 12.8. The summed E-state index contributed by atoms with van der Waals surface area (Å²) in [6.45, 7) is 3.33. The van der Waals surface area contributed by atoms with E-state index in [-0.39, 0.29) is 42.6 Å². The van der Waals surface area contributed by atoms with Gasteiger partial charge in [0, 0.05) is 24.8 Å². The van der Waals surface area contributed by atoms with Crippen LogP contribution in [0.4, 0.5) is 25.0 Å². The Morgan fingerprint density at radius 1 is 1.09 bits per heavy atom. The number of hydrogen-bond acceptors (Lipinski definition) is 7. The Bertz CT molecular complexity index is 1560. The largest absolute Gasteiger partial charge is 0.434 e. The molecule has 4 atom stereocenters. The van der Waals surface area contributed by atoms with Crippen LogP contribution in [-0.4, -0.2) is 67.7 Å². The number of nitrogens with two attached hydrogens (primary N) is 1. The molecule has 44 heavy (non-hydrogen) atoms. The molecule has 13 heteroatoms. The molecule has 10 nitrogen and oxygen atoms in total. The van der Waals surface area contributed by atoms with Gasteiger partial charge in [0.25, 0.3) is 5.91 Å². The van der Waals surface area contributed by atoms with E-state index in [1.165, 1.54) is 34.6 Å². The number of carbonyl (C=O) groups excluding carboxylic acids is 2. The minimum atomic E-state index is -4.05. The normalized spacial score (nSPS) is 17.3. The maximum absolute atomic E-state index is 13.8. The van der Waals surface area contributed by atoms with Gasteiger partial charge in [0.1, 0.15) is 0 Å². The van der Waals surface area contributed by atoms with Gasteiger partial charge in [0.2, 0.25) is 10.0 Å². The minimum Gasteiger partial charge on any atom is -0.434 e. The Labute approximate surface area is 255 Å². The number of nitrogen functional groups attached to an aromatic ring is 1. The smallest absolute Gasteiger partial charge is 0.415 e. The Kier molecular flexibility index (Phi) is 10.6. The summed E-state index contributed by atoms with van der Waals surface area (Å²) in [7, 11) is -4.05. The van der Waals surface area contributed by atoms with Crippen LogP contribution < -0.4 is 16.0 Å². The molecule has 0 radical (unpaired) electrons. The zero-order valence-corrected chi connectivity index (χ0v) is 25.2. The molecule has 0 bridgehead atoms. The molecule has 236 valence electrons. The number of nitrogens with zero attached hydrogens (tertiary/aromatic N) is 2. The van der Waals surface area contributed by atoms with Crippen molar-refractivity contribution in [1.29, 1.82) is 0 Å². The van der Waals surface area contributed by atoms with Crippen LogP contribution in [0.15, 0.2) is 77.7 Å². The standard InChI is InChI=1S/C31H36F2N4O6S/c1-3-20(2)17-36(44(41,42)24-12-9-22(34)10-13-24)18-28(38)27(15-21-7-5-4-6-8-21)35-30(39)29-19-37(31(40)43-29)23-11-14-25(32)26(33)16-23/h4-14,16,20,27-29,38H,3,15,17-19,34H2,1-2H3,(H,35,39)/t20-,27-,28+,29-/m0/s1. The lowest BCUT2D eigenvalue weighted by molar-refractivity contribution is -0.129. The first-order valence-electron chi connectivity index (χ1n) is 14.2. The summed E-state index contributed by atoms with van der Waals surface area (Å²) >= 11 is 0. The quantitative estimate of drug-likeness (QED) is 0.245. The van der Waals surface area contributed by atoms with Crippen molar-refractivity contribution in [3.63, 3.8) is 0 Å². The van der Waals surface area contributed by atoms with Crippen molar-refractivity contribution in [2.45, 2.75) is 49.8 Å². The number of ether oxygens (including phenoxy) is 1. The summed E-state index contributed by atoms with van der Waals surface area (Å²) in [5.41, 5.74) is 6.93. The summed E-state index contributed by atoms with van der Waals surface area (Å²) in [5.74, 6) is -3.02. The van der Waals surface area contributed by atoms with Crippen molar-refractivity contribution in [3.8, 4) is 0 Å². The van der Waals surface area contributed by atoms with E-state index < -0.39 is 51.9 Å². The van der Waals surface area contributed by atoms with Crippen molar-refractivity contribution in [2.75, 3.05) is 30.3 Å². The number of hydrogen-bond donors (Lipinski definition) is 3. The molecule has 3 aromatic carbocycles. The zero-order chi connectivity index (χ0) is 32.0. The molecule has 0 aliphatic carbocycles. The van der Waals surface area contributed by atoms with Gasteiger partial charge in [0.05, 0.1) is 29.3 Å². The van der Waals surface area contributed by atoms with Crippen LogP contribution in [0.25, 0.3) is 0 Å². The second kappa shape index (κ2) is 14.1. The number of aliphatic hydroxyl groups excluding tert-OH is 1. The van der Waals surface area contributed by atoms with E-state index in [0.717, 1.165) is 22.6 Å². The van der Waals surface area contributed by atoms with Gasteiger partial charge in [-0.05, 0) is 54.3 Å². The van der Waals surface area contributed by atoms with E-state index in [1.54, 1.807) is 24.3 Å². The molecule has 3 aromatic rings. The zero-order valence-electron chi connectivity index (χ0n) is 24.4. The van der Waals surface area contributed by atoms with Gasteiger partial charge in [-0.1, -0.05) is 50.6 Å². The molecule has 2 amide bonds. The van der Waals surface area contributed by atoms with Crippen LogP contribution in [0.2, 0.25) is 0 Å². The third kappa shape index (κ3) is 7.90. The van der Waals surface area contributed by atoms with Crippen molar-refractivity contribution in [1.82, 2.24) is 9.62 Å². The molecular formula is C31H36F2N4O6S. The predicted octanol–water partition coefficient (Wildman–Crippen LogP) is 3.70. The number of amides is 2. The fourth-order valence-corrected chi connectivity index (χ4v) is 6.34. The molecule has 1 fully saturated rings. The third-order valence-electron chi connectivity index (χ3n) is 7.53. The van der Waals surface area contributed by atoms with E-state index in [0.29, 0.717) is 12.1 Å². The summed E-state index contributed by atoms with van der Waals surface area (Å²) in [6.07, 6.45) is -2.79. The number of carbonyl (C=O) groups is 2. The summed E-state index contributed by atoms with van der Waals surface area (Å²) in [6, 6.07) is 16.7. The van der Waals surface area contributed by atoms with Gasteiger partial charge in [-0.25, -0.2) is 22.0 Å². The number of aliphatic hydroxyl groups is 1. The maximum atomic E-state index is 13.8. The fraction of sp³-hybridized carbons (Fsp3) is 0.355. The predicted molar refractivity (Wildman–Crippen MR) is 161 cm³/mol. The lowest BCUT2D eigenvalue weighted by Crippen LogP contribution is -2.53. The van der Waals surface area contributed by atoms with Gasteiger partial charge in [-0.15, -0.1) is 0 Å². The molecule has 1 aliphatic rings. The first-order chi connectivity index (χ1) is 20.9. The molecule has 0 spiro atoms. The SMILES string of the molecule is CC[C@H](C)CN(C[C@@H](O)[C@H](Cc1ccccc1)NC(=O)[C@@H]1CN(c2ccc(F)c(F)c2)C(=O)O1)S(=O)(=O)c1ccc(N)cc1. The molecular weight excluding hydrogens is 594 g/mol. The fourth-order valence-electron chi connectivity index (χ4n) is 4.76. The lowest BCUT2D eigenvalue weighted by Gasteiger charge is -2.31. The monoisotopic (exact) mass is 630 g/mol. The molecule has 4 rings (SSSR count). The minimum absolute atomic E-state index is 0.0126. The van der Waals surface area contributed by atoms with Crippen LogP contribution in [0.5, 0.6) is 0 Å². The number of nitrogens with one attached hydrogen (secondary N) is 1. The summed E-state index contributed by atoms with van der Waals surface area (Å²) in [5, 5.41) is 14.2.